The summed E-state index contributed by atoms with van der Waals surface area (Å²) < 4.78 is 6.10. The molecule has 0 bridgehead atoms. The SMILES string of the molecule is CC(C)(C)c1cc(OCc2ccccc2C(C#N)=NO)cc(C(C)(C)C)c1. The van der Waals surface area contributed by atoms with Crippen molar-refractivity contribution in [1.29, 1.82) is 5.26 Å². The molecule has 27 heavy (non-hydrogen) atoms. The molecule has 0 radical (unpaired) electrons. The van der Waals surface area contributed by atoms with Gasteiger partial charge in [0.2, 0.25) is 0 Å². The lowest BCUT2D eigenvalue weighted by Crippen LogP contribution is -2.16. The van der Waals surface area contributed by atoms with Crippen LogP contribution in [-0.2, 0) is 17.4 Å². The van der Waals surface area contributed by atoms with Crippen LogP contribution >= 0.6 is 0 Å². The maximum Gasteiger partial charge on any atom is 0.187 e. The molecule has 4 heteroatoms. The van der Waals surface area contributed by atoms with Crippen molar-refractivity contribution < 1.29 is 9.94 Å². The predicted octanol–water partition coefficient (Wildman–Crippen LogP) is 5.56. The highest BCUT2D eigenvalue weighted by atomic mass is 16.5. The van der Waals surface area contributed by atoms with Gasteiger partial charge in [0.1, 0.15) is 18.4 Å². The zero-order valence-electron chi connectivity index (χ0n) is 17.0. The molecule has 142 valence electrons. The van der Waals surface area contributed by atoms with Crippen LogP contribution in [0, 0.1) is 11.3 Å². The largest absolute Gasteiger partial charge is 0.489 e. The number of nitriles is 1. The lowest BCUT2D eigenvalue weighted by molar-refractivity contribution is 0.303. The molecule has 2 aromatic rings. The molecule has 0 heterocycles. The number of hydrogen-bond acceptors (Lipinski definition) is 4. The van der Waals surface area contributed by atoms with Crippen molar-refractivity contribution in [1.82, 2.24) is 0 Å². The second-order valence-electron chi connectivity index (χ2n) is 8.75. The first kappa shape index (κ1) is 20.5. The zero-order chi connectivity index (χ0) is 20.2. The number of ether oxygens (including phenoxy) is 1. The van der Waals surface area contributed by atoms with E-state index in [-0.39, 0.29) is 23.1 Å². The van der Waals surface area contributed by atoms with E-state index < -0.39 is 0 Å². The fourth-order valence-corrected chi connectivity index (χ4v) is 2.72. The molecule has 0 atom stereocenters. The van der Waals surface area contributed by atoms with Gasteiger partial charge in [-0.3, -0.25) is 0 Å². The Morgan fingerprint density at radius 1 is 1.00 bits per heavy atom. The van der Waals surface area contributed by atoms with Crippen molar-refractivity contribution >= 4 is 5.71 Å². The standard InChI is InChI=1S/C23H28N2O2/c1-22(2,3)17-11-18(23(4,5)6)13-19(12-17)27-15-16-9-7-8-10-20(16)21(14-24)25-26/h7-13,26H,15H2,1-6H3. The Morgan fingerprint density at radius 2 is 1.56 bits per heavy atom. The van der Waals surface area contributed by atoms with Crippen LogP contribution in [0.25, 0.3) is 0 Å². The summed E-state index contributed by atoms with van der Waals surface area (Å²) in [5.74, 6) is 0.793. The summed E-state index contributed by atoms with van der Waals surface area (Å²) >= 11 is 0. The molecular formula is C23H28N2O2. The Labute approximate surface area is 162 Å². The van der Waals surface area contributed by atoms with Crippen LogP contribution in [0.5, 0.6) is 5.75 Å². The Balaban J connectivity index is 2.38. The molecule has 0 saturated carbocycles. The maximum atomic E-state index is 9.16. The van der Waals surface area contributed by atoms with E-state index in [2.05, 4.69) is 64.9 Å². The molecule has 0 spiro atoms. The lowest BCUT2D eigenvalue weighted by Gasteiger charge is -2.26. The van der Waals surface area contributed by atoms with E-state index in [1.54, 1.807) is 12.1 Å². The fourth-order valence-electron chi connectivity index (χ4n) is 2.72. The van der Waals surface area contributed by atoms with Gasteiger partial charge in [-0.05, 0) is 39.7 Å². The third kappa shape index (κ3) is 5.10. The van der Waals surface area contributed by atoms with Crippen molar-refractivity contribution in [3.8, 4) is 11.8 Å². The minimum Gasteiger partial charge on any atom is -0.489 e. The summed E-state index contributed by atoms with van der Waals surface area (Å²) in [6, 6.07) is 15.6. The quantitative estimate of drug-likeness (QED) is 0.438. The highest BCUT2D eigenvalue weighted by Gasteiger charge is 2.21. The molecule has 0 amide bonds. The number of benzene rings is 2. The third-order valence-electron chi connectivity index (χ3n) is 4.51. The monoisotopic (exact) mass is 364 g/mol. The first-order chi connectivity index (χ1) is 12.6. The smallest absolute Gasteiger partial charge is 0.187 e. The summed E-state index contributed by atoms with van der Waals surface area (Å²) in [6.45, 7) is 13.4. The average molecular weight is 364 g/mol. The average Bonchev–Trinajstić information content (AvgIpc) is 2.60. The molecule has 4 nitrogen and oxygen atoms in total. The van der Waals surface area contributed by atoms with E-state index in [1.807, 2.05) is 18.2 Å². The summed E-state index contributed by atoms with van der Waals surface area (Å²) in [7, 11) is 0. The van der Waals surface area contributed by atoms with Gasteiger partial charge >= 0.3 is 0 Å². The van der Waals surface area contributed by atoms with Gasteiger partial charge in [0.25, 0.3) is 0 Å². The highest BCUT2D eigenvalue weighted by molar-refractivity contribution is 6.12. The van der Waals surface area contributed by atoms with E-state index in [9.17, 15) is 0 Å². The van der Waals surface area contributed by atoms with E-state index >= 15 is 0 Å². The number of nitrogens with zero attached hydrogens (tertiary/aromatic N) is 2. The first-order valence-electron chi connectivity index (χ1n) is 9.05. The normalized spacial score (nSPS) is 12.6. The van der Waals surface area contributed by atoms with Crippen molar-refractivity contribution in [2.75, 3.05) is 0 Å². The Morgan fingerprint density at radius 3 is 2.04 bits per heavy atom. The van der Waals surface area contributed by atoms with Crippen LogP contribution in [-0.4, -0.2) is 10.9 Å². The van der Waals surface area contributed by atoms with Gasteiger partial charge in [-0.15, -0.1) is 0 Å². The lowest BCUT2D eigenvalue weighted by atomic mass is 9.80. The van der Waals surface area contributed by atoms with Crippen LogP contribution in [0.3, 0.4) is 0 Å². The molecule has 0 unspecified atom stereocenters. The van der Waals surface area contributed by atoms with Gasteiger partial charge in [-0.1, -0.05) is 77.0 Å². The highest BCUT2D eigenvalue weighted by Crippen LogP contribution is 2.33. The van der Waals surface area contributed by atoms with Gasteiger partial charge < -0.3 is 9.94 Å². The zero-order valence-corrected chi connectivity index (χ0v) is 17.0. The van der Waals surface area contributed by atoms with Gasteiger partial charge in [-0.2, -0.15) is 5.26 Å². The van der Waals surface area contributed by atoms with E-state index in [0.29, 0.717) is 5.56 Å². The molecular weight excluding hydrogens is 336 g/mol. The number of hydrogen-bond donors (Lipinski definition) is 1. The molecule has 2 aromatic carbocycles. The molecule has 0 aromatic heterocycles. The van der Waals surface area contributed by atoms with Gasteiger partial charge in [0.15, 0.2) is 5.71 Å². The molecule has 0 saturated heterocycles. The number of oxime groups is 1. The van der Waals surface area contributed by atoms with Crippen LogP contribution < -0.4 is 4.74 Å². The number of rotatable bonds is 4. The molecule has 0 fully saturated rings. The topological polar surface area (TPSA) is 65.6 Å². The van der Waals surface area contributed by atoms with Crippen LogP contribution in [0.15, 0.2) is 47.6 Å². The maximum absolute atomic E-state index is 9.16. The molecule has 0 aliphatic carbocycles. The van der Waals surface area contributed by atoms with Crippen LogP contribution in [0.4, 0.5) is 0 Å². The predicted molar refractivity (Wildman–Crippen MR) is 109 cm³/mol. The van der Waals surface area contributed by atoms with Crippen LogP contribution in [0.1, 0.15) is 63.8 Å². The van der Waals surface area contributed by atoms with E-state index in [1.165, 1.54) is 11.1 Å². The van der Waals surface area contributed by atoms with E-state index in [0.717, 1.165) is 11.3 Å². The molecule has 0 aliphatic heterocycles. The summed E-state index contributed by atoms with van der Waals surface area (Å²) in [4.78, 5) is 0. The minimum absolute atomic E-state index is 0.00873. The van der Waals surface area contributed by atoms with Crippen molar-refractivity contribution in [3.05, 3.63) is 64.7 Å². The molecule has 2 rings (SSSR count). The first-order valence-corrected chi connectivity index (χ1v) is 9.05. The summed E-state index contributed by atoms with van der Waals surface area (Å²) in [5, 5.41) is 21.3. The Bertz CT molecular complexity index is 846. The van der Waals surface area contributed by atoms with Gasteiger partial charge in [0, 0.05) is 5.56 Å². The van der Waals surface area contributed by atoms with Crippen molar-refractivity contribution in [2.24, 2.45) is 5.16 Å². The molecule has 1 N–H and O–H groups in total. The minimum atomic E-state index is -0.0203. The fraction of sp³-hybridized carbons (Fsp3) is 0.391. The summed E-state index contributed by atoms with van der Waals surface area (Å²) in [6.07, 6.45) is 0. The van der Waals surface area contributed by atoms with Crippen molar-refractivity contribution in [3.63, 3.8) is 0 Å². The summed E-state index contributed by atoms with van der Waals surface area (Å²) in [5.41, 5.74) is 3.80. The third-order valence-corrected chi connectivity index (χ3v) is 4.51. The Hall–Kier alpha value is -2.80. The van der Waals surface area contributed by atoms with Crippen LogP contribution in [0.2, 0.25) is 0 Å². The van der Waals surface area contributed by atoms with E-state index in [4.69, 9.17) is 15.2 Å². The van der Waals surface area contributed by atoms with Gasteiger partial charge in [-0.25, -0.2) is 0 Å². The van der Waals surface area contributed by atoms with Crippen molar-refractivity contribution in [2.45, 2.75) is 59.0 Å². The second kappa shape index (κ2) is 7.84. The Kier molecular flexibility index (Phi) is 5.95. The second-order valence-corrected chi connectivity index (χ2v) is 8.75. The van der Waals surface area contributed by atoms with Gasteiger partial charge in [0.05, 0.1) is 0 Å². The molecule has 0 aliphatic rings.